The topological polar surface area (TPSA) is 30.2 Å². The van der Waals surface area contributed by atoms with E-state index in [1.54, 1.807) is 0 Å². The Morgan fingerprint density at radius 2 is 1.72 bits per heavy atom. The van der Waals surface area contributed by atoms with Gasteiger partial charge in [-0.05, 0) is 67.6 Å². The largest absolute Gasteiger partial charge is 0.419 e. The van der Waals surface area contributed by atoms with Gasteiger partial charge in [-0.25, -0.2) is 9.18 Å². The Morgan fingerprint density at radius 3 is 2.45 bits per heavy atom. The van der Waals surface area contributed by atoms with Crippen molar-refractivity contribution in [1.82, 2.24) is 0 Å². The normalized spacial score (nSPS) is 19.8. The van der Waals surface area contributed by atoms with Gasteiger partial charge < -0.3 is 4.42 Å². The standard InChI is InChI=1S/C26H31FO2/c1-3-5-7-19-12-15-22-21-14-13-20(18-10-8-17(6-4-2)9-11-18)16-23(21)26(28)29-25(22)24(19)27/h12-18H,3-11H2,1-2H3. The van der Waals surface area contributed by atoms with Gasteiger partial charge in [-0.1, -0.05) is 57.4 Å². The van der Waals surface area contributed by atoms with Crippen LogP contribution in [0.4, 0.5) is 4.39 Å². The summed E-state index contributed by atoms with van der Waals surface area (Å²) in [5.41, 5.74) is 1.52. The number of hydrogen-bond acceptors (Lipinski definition) is 2. The monoisotopic (exact) mass is 394 g/mol. The van der Waals surface area contributed by atoms with Gasteiger partial charge in [0.25, 0.3) is 0 Å². The Morgan fingerprint density at radius 1 is 0.966 bits per heavy atom. The molecule has 1 fully saturated rings. The molecule has 0 spiro atoms. The SMILES string of the molecule is CCCCc1ccc2c(oc(=O)c3cc(C4CCC(CCC)CC4)ccc32)c1F. The van der Waals surface area contributed by atoms with Crippen LogP contribution in [0.1, 0.15) is 82.3 Å². The third-order valence-electron chi connectivity index (χ3n) is 6.74. The molecule has 3 heteroatoms. The summed E-state index contributed by atoms with van der Waals surface area (Å²) in [6.07, 6.45) is 10.1. The highest BCUT2D eigenvalue weighted by Gasteiger charge is 2.23. The molecule has 2 nitrogen and oxygen atoms in total. The third-order valence-corrected chi connectivity index (χ3v) is 6.74. The van der Waals surface area contributed by atoms with Crippen molar-refractivity contribution in [2.45, 2.75) is 77.6 Å². The molecule has 0 saturated heterocycles. The van der Waals surface area contributed by atoms with Gasteiger partial charge in [0.1, 0.15) is 0 Å². The van der Waals surface area contributed by atoms with E-state index in [2.05, 4.69) is 19.9 Å². The second-order valence-corrected chi connectivity index (χ2v) is 8.72. The van der Waals surface area contributed by atoms with E-state index in [9.17, 15) is 9.18 Å². The molecule has 29 heavy (non-hydrogen) atoms. The minimum atomic E-state index is -0.430. The molecule has 1 aliphatic carbocycles. The van der Waals surface area contributed by atoms with Crippen LogP contribution in [-0.2, 0) is 6.42 Å². The number of halogens is 1. The second kappa shape index (κ2) is 8.69. The molecule has 154 valence electrons. The Hall–Kier alpha value is -2.16. The van der Waals surface area contributed by atoms with Crippen molar-refractivity contribution in [3.05, 3.63) is 57.7 Å². The van der Waals surface area contributed by atoms with E-state index >= 15 is 0 Å². The van der Waals surface area contributed by atoms with Crippen LogP contribution in [0.25, 0.3) is 21.7 Å². The Bertz CT molecular complexity index is 1060. The first-order valence-corrected chi connectivity index (χ1v) is 11.3. The molecule has 0 radical (unpaired) electrons. The van der Waals surface area contributed by atoms with Crippen molar-refractivity contribution in [3.63, 3.8) is 0 Å². The molecular formula is C26H31FO2. The molecule has 4 rings (SSSR count). The van der Waals surface area contributed by atoms with Gasteiger partial charge >= 0.3 is 5.63 Å². The highest BCUT2D eigenvalue weighted by molar-refractivity contribution is 6.04. The van der Waals surface area contributed by atoms with Crippen LogP contribution < -0.4 is 5.63 Å². The molecule has 0 atom stereocenters. The number of rotatable bonds is 6. The average molecular weight is 395 g/mol. The van der Waals surface area contributed by atoms with Gasteiger partial charge in [-0.3, -0.25) is 0 Å². The average Bonchev–Trinajstić information content (AvgIpc) is 2.74. The van der Waals surface area contributed by atoms with Gasteiger partial charge in [0.05, 0.1) is 5.39 Å². The number of aryl methyl sites for hydroxylation is 1. The first-order chi connectivity index (χ1) is 14.1. The molecule has 0 bridgehead atoms. The number of fused-ring (bicyclic) bond motifs is 3. The van der Waals surface area contributed by atoms with Crippen molar-refractivity contribution >= 4 is 21.7 Å². The van der Waals surface area contributed by atoms with Crippen LogP contribution in [-0.4, -0.2) is 0 Å². The predicted molar refractivity (Wildman–Crippen MR) is 118 cm³/mol. The Labute approximate surface area is 172 Å². The van der Waals surface area contributed by atoms with E-state index < -0.39 is 5.63 Å². The van der Waals surface area contributed by atoms with Crippen LogP contribution >= 0.6 is 0 Å². The zero-order valence-corrected chi connectivity index (χ0v) is 17.6. The fraction of sp³-hybridized carbons (Fsp3) is 0.500. The zero-order chi connectivity index (χ0) is 20.4. The van der Waals surface area contributed by atoms with Crippen molar-refractivity contribution in [1.29, 1.82) is 0 Å². The quantitative estimate of drug-likeness (QED) is 0.320. The molecule has 0 N–H and O–H groups in total. The fourth-order valence-corrected chi connectivity index (χ4v) is 5.03. The minimum Gasteiger partial charge on any atom is -0.419 e. The van der Waals surface area contributed by atoms with Crippen LogP contribution in [0, 0.1) is 11.7 Å². The van der Waals surface area contributed by atoms with Crippen LogP contribution in [0.5, 0.6) is 0 Å². The van der Waals surface area contributed by atoms with Crippen LogP contribution in [0.2, 0.25) is 0 Å². The first kappa shape index (κ1) is 20.1. The lowest BCUT2D eigenvalue weighted by molar-refractivity contribution is 0.308. The lowest BCUT2D eigenvalue weighted by Crippen LogP contribution is -2.13. The van der Waals surface area contributed by atoms with Crippen molar-refractivity contribution in [3.8, 4) is 0 Å². The van der Waals surface area contributed by atoms with Crippen molar-refractivity contribution in [2.75, 3.05) is 0 Å². The maximum atomic E-state index is 14.9. The number of unbranched alkanes of at least 4 members (excludes halogenated alkanes) is 1. The van der Waals surface area contributed by atoms with Gasteiger partial charge in [0, 0.05) is 10.8 Å². The van der Waals surface area contributed by atoms with E-state index in [1.165, 1.54) is 44.1 Å². The maximum absolute atomic E-state index is 14.9. The number of benzene rings is 2. The lowest BCUT2D eigenvalue weighted by Gasteiger charge is -2.28. The van der Waals surface area contributed by atoms with E-state index in [4.69, 9.17) is 4.42 Å². The minimum absolute atomic E-state index is 0.101. The molecule has 0 amide bonds. The summed E-state index contributed by atoms with van der Waals surface area (Å²) in [4.78, 5) is 12.7. The molecule has 2 aromatic carbocycles. The fourth-order valence-electron chi connectivity index (χ4n) is 5.03. The van der Waals surface area contributed by atoms with E-state index in [0.29, 0.717) is 28.7 Å². The Balaban J connectivity index is 1.70. The van der Waals surface area contributed by atoms with Crippen molar-refractivity contribution in [2.24, 2.45) is 5.92 Å². The summed E-state index contributed by atoms with van der Waals surface area (Å²) in [6.45, 7) is 4.34. The zero-order valence-electron chi connectivity index (χ0n) is 17.6. The maximum Gasteiger partial charge on any atom is 0.344 e. The van der Waals surface area contributed by atoms with Crippen molar-refractivity contribution < 1.29 is 8.81 Å². The summed E-state index contributed by atoms with van der Waals surface area (Å²) >= 11 is 0. The molecule has 1 aliphatic rings. The molecule has 3 aromatic rings. The van der Waals surface area contributed by atoms with Crippen LogP contribution in [0.3, 0.4) is 0 Å². The number of hydrogen-bond donors (Lipinski definition) is 0. The summed E-state index contributed by atoms with van der Waals surface area (Å²) in [5.74, 6) is 0.986. The molecule has 0 aliphatic heterocycles. The first-order valence-electron chi connectivity index (χ1n) is 11.3. The van der Waals surface area contributed by atoms with E-state index in [1.807, 2.05) is 24.3 Å². The van der Waals surface area contributed by atoms with Gasteiger partial charge in [-0.15, -0.1) is 0 Å². The molecule has 1 saturated carbocycles. The smallest absolute Gasteiger partial charge is 0.344 e. The summed E-state index contributed by atoms with van der Waals surface area (Å²) in [6, 6.07) is 9.87. The molecule has 0 unspecified atom stereocenters. The second-order valence-electron chi connectivity index (χ2n) is 8.72. The predicted octanol–water partition coefficient (Wildman–Crippen LogP) is 7.50. The van der Waals surface area contributed by atoms with Crippen LogP contribution in [0.15, 0.2) is 39.5 Å². The van der Waals surface area contributed by atoms with Gasteiger partial charge in [-0.2, -0.15) is 0 Å². The summed E-state index contributed by atoms with van der Waals surface area (Å²) in [5, 5.41) is 2.06. The molecular weight excluding hydrogens is 363 g/mol. The highest BCUT2D eigenvalue weighted by Crippen LogP contribution is 2.38. The highest BCUT2D eigenvalue weighted by atomic mass is 19.1. The summed E-state index contributed by atoms with van der Waals surface area (Å²) in [7, 11) is 0. The third kappa shape index (κ3) is 3.97. The lowest BCUT2D eigenvalue weighted by atomic mass is 9.77. The van der Waals surface area contributed by atoms with Gasteiger partial charge in [0.15, 0.2) is 11.4 Å². The van der Waals surface area contributed by atoms with E-state index in [-0.39, 0.29) is 11.4 Å². The Kier molecular flexibility index (Phi) is 6.03. The molecule has 1 aromatic heterocycles. The summed E-state index contributed by atoms with van der Waals surface area (Å²) < 4.78 is 20.4. The van der Waals surface area contributed by atoms with E-state index in [0.717, 1.165) is 24.1 Å². The van der Waals surface area contributed by atoms with Gasteiger partial charge in [0.2, 0.25) is 0 Å². The molecule has 1 heterocycles.